The van der Waals surface area contributed by atoms with E-state index in [9.17, 15) is 18.5 Å². The third kappa shape index (κ3) is 3.43. The molecule has 1 aromatic carbocycles. The Kier molecular flexibility index (Phi) is 4.68. The minimum Gasteiger partial charge on any atom is -0.393 e. The SMILES string of the molecule is Nc1ccc(S(=O)(=O)O)cc1[N+](=O)[O-].[Na]. The number of hydrogen-bond donors (Lipinski definition) is 2. The van der Waals surface area contributed by atoms with Crippen molar-refractivity contribution in [3.05, 3.63) is 28.3 Å². The molecule has 7 nitrogen and oxygen atoms in total. The van der Waals surface area contributed by atoms with Crippen molar-refractivity contribution in [1.29, 1.82) is 0 Å². The van der Waals surface area contributed by atoms with Crippen LogP contribution >= 0.6 is 0 Å². The number of nitrogens with zero attached hydrogens (tertiary/aromatic N) is 1. The van der Waals surface area contributed by atoms with E-state index < -0.39 is 25.6 Å². The average molecular weight is 241 g/mol. The van der Waals surface area contributed by atoms with Gasteiger partial charge in [-0.3, -0.25) is 14.7 Å². The Hall–Kier alpha value is -0.670. The van der Waals surface area contributed by atoms with Crippen LogP contribution in [0, 0.1) is 10.1 Å². The van der Waals surface area contributed by atoms with Crippen molar-refractivity contribution < 1.29 is 17.9 Å². The van der Waals surface area contributed by atoms with E-state index in [-0.39, 0.29) is 35.2 Å². The Bertz CT molecular complexity index is 486. The average Bonchev–Trinajstić information content (AvgIpc) is 2.02. The van der Waals surface area contributed by atoms with Crippen LogP contribution in [0.3, 0.4) is 0 Å². The maximum absolute atomic E-state index is 10.6. The molecule has 9 heteroatoms. The first kappa shape index (κ1) is 14.3. The minimum absolute atomic E-state index is 0. The van der Waals surface area contributed by atoms with Gasteiger partial charge in [-0.15, -0.1) is 0 Å². The molecule has 0 saturated carbocycles. The van der Waals surface area contributed by atoms with Crippen LogP contribution in [0.4, 0.5) is 11.4 Å². The van der Waals surface area contributed by atoms with Crippen molar-refractivity contribution >= 4 is 51.1 Å². The van der Waals surface area contributed by atoms with Crippen molar-refractivity contribution in [2.45, 2.75) is 4.90 Å². The fourth-order valence-electron chi connectivity index (χ4n) is 0.842. The predicted molar refractivity (Wildman–Crippen MR) is 53.1 cm³/mol. The second-order valence-electron chi connectivity index (χ2n) is 2.45. The summed E-state index contributed by atoms with van der Waals surface area (Å²) in [5, 5.41) is 10.4. The van der Waals surface area contributed by atoms with E-state index in [1.165, 1.54) is 0 Å². The largest absolute Gasteiger partial charge is 0.393 e. The van der Waals surface area contributed by atoms with Gasteiger partial charge in [0.25, 0.3) is 15.8 Å². The molecular weight excluding hydrogens is 235 g/mol. The Morgan fingerprint density at radius 1 is 1.40 bits per heavy atom. The summed E-state index contributed by atoms with van der Waals surface area (Å²) in [7, 11) is -4.44. The normalized spacial score (nSPS) is 10.5. The van der Waals surface area contributed by atoms with Gasteiger partial charge in [0.05, 0.1) is 4.92 Å². The van der Waals surface area contributed by atoms with Crippen molar-refractivity contribution in [2.75, 3.05) is 5.73 Å². The molecular formula is C6H6N2NaO5S. The molecule has 1 radical (unpaired) electrons. The molecule has 0 saturated heterocycles. The molecule has 0 fully saturated rings. The van der Waals surface area contributed by atoms with Crippen molar-refractivity contribution in [3.63, 3.8) is 0 Å². The maximum atomic E-state index is 10.6. The van der Waals surface area contributed by atoms with Gasteiger partial charge in [-0.2, -0.15) is 8.42 Å². The zero-order chi connectivity index (χ0) is 10.9. The summed E-state index contributed by atoms with van der Waals surface area (Å²) in [6.45, 7) is 0. The summed E-state index contributed by atoms with van der Waals surface area (Å²) in [5.41, 5.74) is 4.50. The molecule has 0 amide bonds. The van der Waals surface area contributed by atoms with Crippen LogP contribution in [-0.4, -0.2) is 47.5 Å². The number of nitro groups is 1. The number of nitro benzene ring substituents is 1. The molecule has 0 heterocycles. The van der Waals surface area contributed by atoms with Crippen LogP contribution < -0.4 is 5.73 Å². The van der Waals surface area contributed by atoms with Gasteiger partial charge in [0.2, 0.25) is 0 Å². The van der Waals surface area contributed by atoms with Gasteiger partial charge in [-0.25, -0.2) is 0 Å². The van der Waals surface area contributed by atoms with Gasteiger partial charge in [-0.05, 0) is 12.1 Å². The Morgan fingerprint density at radius 2 is 1.93 bits per heavy atom. The third-order valence-electron chi connectivity index (χ3n) is 1.50. The van der Waals surface area contributed by atoms with Gasteiger partial charge < -0.3 is 5.73 Å². The topological polar surface area (TPSA) is 124 Å². The summed E-state index contributed by atoms with van der Waals surface area (Å²) in [5.74, 6) is 0. The van der Waals surface area contributed by atoms with Gasteiger partial charge in [0, 0.05) is 35.6 Å². The molecule has 3 N–H and O–H groups in total. The minimum atomic E-state index is -4.44. The maximum Gasteiger partial charge on any atom is 0.294 e. The molecule has 0 aliphatic rings. The van der Waals surface area contributed by atoms with E-state index in [2.05, 4.69) is 0 Å². The van der Waals surface area contributed by atoms with Crippen LogP contribution in [0.2, 0.25) is 0 Å². The molecule has 0 bridgehead atoms. The second kappa shape index (κ2) is 4.90. The number of benzene rings is 1. The van der Waals surface area contributed by atoms with Gasteiger partial charge in [0.15, 0.2) is 0 Å². The van der Waals surface area contributed by atoms with Gasteiger partial charge in [0.1, 0.15) is 10.6 Å². The molecule has 0 atom stereocenters. The summed E-state index contributed by atoms with van der Waals surface area (Å²) in [6, 6.07) is 2.73. The summed E-state index contributed by atoms with van der Waals surface area (Å²) in [4.78, 5) is 8.96. The second-order valence-corrected chi connectivity index (χ2v) is 3.87. The third-order valence-corrected chi connectivity index (χ3v) is 2.35. The zero-order valence-electron chi connectivity index (χ0n) is 7.75. The van der Waals surface area contributed by atoms with Crippen molar-refractivity contribution in [3.8, 4) is 0 Å². The van der Waals surface area contributed by atoms with Crippen LogP contribution in [0.5, 0.6) is 0 Å². The Morgan fingerprint density at radius 3 is 2.33 bits per heavy atom. The fourth-order valence-corrected chi connectivity index (χ4v) is 1.34. The number of rotatable bonds is 2. The van der Waals surface area contributed by atoms with Crippen LogP contribution in [0.15, 0.2) is 23.1 Å². The molecule has 77 valence electrons. The first-order chi connectivity index (χ1) is 6.32. The Balaban J connectivity index is 0.00000196. The van der Waals surface area contributed by atoms with E-state index >= 15 is 0 Å². The first-order valence-electron chi connectivity index (χ1n) is 3.34. The van der Waals surface area contributed by atoms with Crippen LogP contribution in [0.1, 0.15) is 0 Å². The van der Waals surface area contributed by atoms with E-state index in [1.807, 2.05) is 0 Å². The molecule has 0 unspecified atom stereocenters. The van der Waals surface area contributed by atoms with Gasteiger partial charge in [-0.1, -0.05) is 0 Å². The van der Waals surface area contributed by atoms with E-state index in [1.54, 1.807) is 0 Å². The smallest absolute Gasteiger partial charge is 0.294 e. The van der Waals surface area contributed by atoms with Crippen LogP contribution in [0.25, 0.3) is 0 Å². The molecule has 1 aromatic rings. The zero-order valence-corrected chi connectivity index (χ0v) is 10.6. The summed E-state index contributed by atoms with van der Waals surface area (Å²) < 4.78 is 29.8. The first-order valence-corrected chi connectivity index (χ1v) is 4.78. The molecule has 0 aliphatic heterocycles. The van der Waals surface area contributed by atoms with Crippen molar-refractivity contribution in [2.24, 2.45) is 0 Å². The van der Waals surface area contributed by atoms with E-state index in [0.717, 1.165) is 12.1 Å². The summed E-state index contributed by atoms with van der Waals surface area (Å²) in [6.07, 6.45) is 0. The Labute approximate surface area is 107 Å². The monoisotopic (exact) mass is 241 g/mol. The van der Waals surface area contributed by atoms with E-state index in [0.29, 0.717) is 6.07 Å². The molecule has 0 aliphatic carbocycles. The number of nitrogens with two attached hydrogens (primary N) is 1. The van der Waals surface area contributed by atoms with Crippen molar-refractivity contribution in [1.82, 2.24) is 0 Å². The van der Waals surface area contributed by atoms with Crippen LogP contribution in [-0.2, 0) is 10.1 Å². The number of hydrogen-bond acceptors (Lipinski definition) is 5. The van der Waals surface area contributed by atoms with E-state index in [4.69, 9.17) is 10.3 Å². The molecule has 1 rings (SSSR count). The predicted octanol–water partition coefficient (Wildman–Crippen LogP) is 0.0429. The fraction of sp³-hybridized carbons (Fsp3) is 0. The number of nitrogen functional groups attached to an aromatic ring is 1. The van der Waals surface area contributed by atoms with Gasteiger partial charge >= 0.3 is 0 Å². The summed E-state index contributed by atoms with van der Waals surface area (Å²) >= 11 is 0. The molecule has 0 aromatic heterocycles. The molecule has 0 spiro atoms. The number of anilines is 1. The molecule has 15 heavy (non-hydrogen) atoms. The standard InChI is InChI=1S/C6H6N2O5S.Na/c7-5-2-1-4(14(11,12)13)3-6(5)8(9)10;/h1-3H,7H2,(H,11,12,13);. The quantitative estimate of drug-likeness (QED) is 0.248.